The fourth-order valence-corrected chi connectivity index (χ4v) is 1.18. The summed E-state index contributed by atoms with van der Waals surface area (Å²) in [5.74, 6) is 0.705. The van der Waals surface area contributed by atoms with Crippen molar-refractivity contribution in [3.8, 4) is 0 Å². The van der Waals surface area contributed by atoms with Crippen LogP contribution in [-0.4, -0.2) is 6.29 Å². The lowest BCUT2D eigenvalue weighted by atomic mass is 9.92. The highest BCUT2D eigenvalue weighted by Gasteiger charge is 2.08. The number of hydrogen-bond donors (Lipinski definition) is 0. The second-order valence-electron chi connectivity index (χ2n) is 3.25. The second-order valence-corrected chi connectivity index (χ2v) is 3.25. The molecule has 0 aromatic heterocycles. The van der Waals surface area contributed by atoms with Crippen LogP contribution in [0.4, 0.5) is 0 Å². The highest BCUT2D eigenvalue weighted by atomic mass is 16.1. The Balaban J connectivity index is 2.59. The first-order valence-electron chi connectivity index (χ1n) is 4.07. The topological polar surface area (TPSA) is 17.1 Å². The molecule has 0 bridgehead atoms. The van der Waals surface area contributed by atoms with E-state index in [0.29, 0.717) is 5.92 Å². The van der Waals surface area contributed by atoms with E-state index in [-0.39, 0.29) is 5.92 Å². The van der Waals surface area contributed by atoms with Crippen LogP contribution in [0.1, 0.15) is 20.3 Å². The first-order chi connectivity index (χ1) is 5.24. The summed E-state index contributed by atoms with van der Waals surface area (Å²) in [4.78, 5) is 10.4. The van der Waals surface area contributed by atoms with Crippen LogP contribution >= 0.6 is 0 Å². The van der Waals surface area contributed by atoms with Gasteiger partial charge in [-0.3, -0.25) is 0 Å². The van der Waals surface area contributed by atoms with Crippen LogP contribution in [0.2, 0.25) is 0 Å². The number of carbonyl (C=O) groups is 1. The lowest BCUT2D eigenvalue weighted by Gasteiger charge is -2.13. The van der Waals surface area contributed by atoms with Crippen molar-refractivity contribution < 1.29 is 4.79 Å². The van der Waals surface area contributed by atoms with Crippen molar-refractivity contribution in [1.82, 2.24) is 0 Å². The Kier molecular flexibility index (Phi) is 2.64. The highest BCUT2D eigenvalue weighted by Crippen LogP contribution is 2.19. The maximum Gasteiger partial charge on any atom is 0.127 e. The van der Waals surface area contributed by atoms with E-state index < -0.39 is 0 Å². The maximum atomic E-state index is 10.4. The van der Waals surface area contributed by atoms with Gasteiger partial charge in [0.2, 0.25) is 0 Å². The number of hydrogen-bond acceptors (Lipinski definition) is 1. The summed E-state index contributed by atoms with van der Waals surface area (Å²) in [7, 11) is 0. The smallest absolute Gasteiger partial charge is 0.127 e. The van der Waals surface area contributed by atoms with E-state index in [1.807, 2.05) is 6.08 Å². The first kappa shape index (κ1) is 8.25. The van der Waals surface area contributed by atoms with Crippen LogP contribution in [0.5, 0.6) is 0 Å². The Morgan fingerprint density at radius 1 is 1.64 bits per heavy atom. The fraction of sp³-hybridized carbons (Fsp3) is 0.500. The molecular formula is C10H14O. The van der Waals surface area contributed by atoms with E-state index in [4.69, 9.17) is 0 Å². The summed E-state index contributed by atoms with van der Waals surface area (Å²) in [6.07, 6.45) is 8.09. The van der Waals surface area contributed by atoms with E-state index >= 15 is 0 Å². The summed E-state index contributed by atoms with van der Waals surface area (Å²) >= 11 is 0. The monoisotopic (exact) mass is 150 g/mol. The molecule has 1 aliphatic rings. The molecule has 0 aromatic carbocycles. The fourth-order valence-electron chi connectivity index (χ4n) is 1.18. The molecule has 0 saturated heterocycles. The van der Waals surface area contributed by atoms with Gasteiger partial charge >= 0.3 is 0 Å². The Labute approximate surface area is 67.8 Å². The Hall–Kier alpha value is -0.850. The minimum Gasteiger partial charge on any atom is -0.303 e. The Morgan fingerprint density at radius 3 is 2.73 bits per heavy atom. The minimum atomic E-state index is 0.123. The van der Waals surface area contributed by atoms with Crippen molar-refractivity contribution in [3.05, 3.63) is 23.8 Å². The van der Waals surface area contributed by atoms with Crippen LogP contribution in [-0.2, 0) is 4.79 Å². The maximum absolute atomic E-state index is 10.4. The van der Waals surface area contributed by atoms with Crippen molar-refractivity contribution >= 4 is 6.29 Å². The van der Waals surface area contributed by atoms with E-state index in [0.717, 1.165) is 12.7 Å². The SMILES string of the molecule is CC(C)C1=CCC(C=O)C=C1. The van der Waals surface area contributed by atoms with Crippen LogP contribution in [0.15, 0.2) is 23.8 Å². The van der Waals surface area contributed by atoms with Crippen LogP contribution < -0.4 is 0 Å². The molecule has 1 unspecified atom stereocenters. The van der Waals surface area contributed by atoms with Gasteiger partial charge < -0.3 is 4.79 Å². The van der Waals surface area contributed by atoms with Gasteiger partial charge in [0.05, 0.1) is 0 Å². The second kappa shape index (κ2) is 3.51. The normalized spacial score (nSPS) is 23.5. The summed E-state index contributed by atoms with van der Waals surface area (Å²) in [6, 6.07) is 0. The molecule has 0 aromatic rings. The lowest BCUT2D eigenvalue weighted by molar-refractivity contribution is -0.109. The van der Waals surface area contributed by atoms with Crippen LogP contribution in [0.3, 0.4) is 0 Å². The molecule has 0 aliphatic heterocycles. The van der Waals surface area contributed by atoms with Crippen molar-refractivity contribution in [2.45, 2.75) is 20.3 Å². The van der Waals surface area contributed by atoms with Gasteiger partial charge in [0.15, 0.2) is 0 Å². The molecule has 0 radical (unpaired) electrons. The summed E-state index contributed by atoms with van der Waals surface area (Å²) in [5.41, 5.74) is 1.35. The summed E-state index contributed by atoms with van der Waals surface area (Å²) < 4.78 is 0. The van der Waals surface area contributed by atoms with Gasteiger partial charge in [0.1, 0.15) is 6.29 Å². The molecule has 1 heteroatoms. The molecule has 0 fully saturated rings. The molecule has 0 N–H and O–H groups in total. The molecule has 1 atom stereocenters. The molecule has 1 nitrogen and oxygen atoms in total. The zero-order chi connectivity index (χ0) is 8.27. The molecule has 0 heterocycles. The highest BCUT2D eigenvalue weighted by molar-refractivity contribution is 5.58. The van der Waals surface area contributed by atoms with Crippen LogP contribution in [0, 0.1) is 11.8 Å². The zero-order valence-corrected chi connectivity index (χ0v) is 7.08. The number of rotatable bonds is 2. The van der Waals surface area contributed by atoms with Gasteiger partial charge in [-0.15, -0.1) is 0 Å². The molecular weight excluding hydrogens is 136 g/mol. The lowest BCUT2D eigenvalue weighted by Crippen LogP contribution is -2.03. The van der Waals surface area contributed by atoms with Gasteiger partial charge in [-0.1, -0.05) is 32.1 Å². The van der Waals surface area contributed by atoms with E-state index in [1.54, 1.807) is 0 Å². The third-order valence-corrected chi connectivity index (χ3v) is 2.00. The number of aldehydes is 1. The summed E-state index contributed by atoms with van der Waals surface area (Å²) in [6.45, 7) is 4.33. The van der Waals surface area contributed by atoms with Gasteiger partial charge in [0, 0.05) is 5.92 Å². The number of carbonyl (C=O) groups excluding carboxylic acids is 1. The third-order valence-electron chi connectivity index (χ3n) is 2.00. The third kappa shape index (κ3) is 2.04. The molecule has 0 saturated carbocycles. The largest absolute Gasteiger partial charge is 0.303 e. The van der Waals surface area contributed by atoms with Crippen molar-refractivity contribution in [2.75, 3.05) is 0 Å². The molecule has 1 rings (SSSR count). The van der Waals surface area contributed by atoms with E-state index in [1.165, 1.54) is 5.57 Å². The van der Waals surface area contributed by atoms with Gasteiger partial charge in [-0.2, -0.15) is 0 Å². The van der Waals surface area contributed by atoms with E-state index in [2.05, 4.69) is 26.0 Å². The van der Waals surface area contributed by atoms with Crippen LogP contribution in [0.25, 0.3) is 0 Å². The average Bonchev–Trinajstić information content (AvgIpc) is 2.05. The van der Waals surface area contributed by atoms with Gasteiger partial charge in [-0.25, -0.2) is 0 Å². The van der Waals surface area contributed by atoms with Crippen molar-refractivity contribution in [3.63, 3.8) is 0 Å². The van der Waals surface area contributed by atoms with Gasteiger partial charge in [-0.05, 0) is 17.9 Å². The molecule has 0 spiro atoms. The quantitative estimate of drug-likeness (QED) is 0.552. The van der Waals surface area contributed by atoms with Crippen molar-refractivity contribution in [1.29, 1.82) is 0 Å². The predicted octanol–water partition coefficient (Wildman–Crippen LogP) is 2.34. The molecule has 11 heavy (non-hydrogen) atoms. The van der Waals surface area contributed by atoms with E-state index in [9.17, 15) is 4.79 Å². The minimum absolute atomic E-state index is 0.123. The Morgan fingerprint density at radius 2 is 2.36 bits per heavy atom. The summed E-state index contributed by atoms with van der Waals surface area (Å²) in [5, 5.41) is 0. The first-order valence-corrected chi connectivity index (χ1v) is 4.07. The molecule has 1 aliphatic carbocycles. The molecule has 0 amide bonds. The number of allylic oxidation sites excluding steroid dienone is 4. The predicted molar refractivity (Wildman–Crippen MR) is 46.2 cm³/mol. The Bertz CT molecular complexity index is 199. The average molecular weight is 150 g/mol. The zero-order valence-electron chi connectivity index (χ0n) is 7.08. The standard InChI is InChI=1S/C10H14O/c1-8(2)10-5-3-9(7-11)4-6-10/h3,5-9H,4H2,1-2H3. The van der Waals surface area contributed by atoms with Crippen molar-refractivity contribution in [2.24, 2.45) is 11.8 Å². The molecule has 60 valence electrons. The van der Waals surface area contributed by atoms with Gasteiger partial charge in [0.25, 0.3) is 0 Å².